The van der Waals surface area contributed by atoms with Crippen LogP contribution in [0.25, 0.3) is 0 Å². The van der Waals surface area contributed by atoms with E-state index in [1.807, 2.05) is 26.0 Å². The van der Waals surface area contributed by atoms with Gasteiger partial charge in [0, 0.05) is 35.4 Å². The van der Waals surface area contributed by atoms with Crippen molar-refractivity contribution in [3.63, 3.8) is 0 Å². The van der Waals surface area contributed by atoms with Crippen LogP contribution in [0.15, 0.2) is 54.6 Å². The van der Waals surface area contributed by atoms with Gasteiger partial charge in [0.25, 0.3) is 5.91 Å². The minimum atomic E-state index is -4.61. The van der Waals surface area contributed by atoms with Gasteiger partial charge in [0.2, 0.25) is 11.9 Å². The third-order valence-corrected chi connectivity index (χ3v) is 7.75. The molecule has 264 valence electrons. The number of amides is 3. The molecule has 0 aliphatic heterocycles. The van der Waals surface area contributed by atoms with Crippen molar-refractivity contribution in [2.75, 3.05) is 35.6 Å². The lowest BCUT2D eigenvalue weighted by Crippen LogP contribution is -2.45. The molecule has 0 atom stereocenters. The summed E-state index contributed by atoms with van der Waals surface area (Å²) in [7, 11) is 0. The van der Waals surface area contributed by atoms with Crippen molar-refractivity contribution in [1.29, 1.82) is 0 Å². The van der Waals surface area contributed by atoms with Gasteiger partial charge in [-0.2, -0.15) is 33.2 Å². The molecular formula is C32H34ClF3N10O4. The van der Waals surface area contributed by atoms with Gasteiger partial charge in [-0.3, -0.25) is 19.5 Å². The molecule has 1 fully saturated rings. The van der Waals surface area contributed by atoms with Crippen LogP contribution in [-0.2, 0) is 15.1 Å². The number of ether oxygens (including phenoxy) is 1. The van der Waals surface area contributed by atoms with Crippen LogP contribution in [0.5, 0.6) is 6.01 Å². The normalized spacial score (nSPS) is 13.6. The lowest BCUT2D eigenvalue weighted by Gasteiger charge is -2.25. The van der Waals surface area contributed by atoms with E-state index in [0.29, 0.717) is 27.8 Å². The number of halogens is 4. The zero-order chi connectivity index (χ0) is 36.1. The largest absolute Gasteiger partial charge is 0.454 e. The molecule has 3 amide bonds. The molecule has 2 heterocycles. The van der Waals surface area contributed by atoms with Gasteiger partial charge in [-0.05, 0) is 67.1 Å². The Morgan fingerprint density at radius 1 is 0.920 bits per heavy atom. The summed E-state index contributed by atoms with van der Waals surface area (Å²) < 4.78 is 43.6. The highest BCUT2D eigenvalue weighted by atomic mass is 35.5. The Balaban J connectivity index is 1.18. The molecule has 6 N–H and O–H groups in total. The topological polar surface area (TPSA) is 188 Å². The fourth-order valence-electron chi connectivity index (χ4n) is 4.66. The number of rotatable bonds is 13. The van der Waals surface area contributed by atoms with Crippen molar-refractivity contribution in [1.82, 2.24) is 35.8 Å². The molecule has 1 aliphatic rings. The number of H-pyrrole nitrogens is 1. The first-order chi connectivity index (χ1) is 23.6. The molecule has 14 nitrogen and oxygen atoms in total. The maximum Gasteiger partial charge on any atom is 0.422 e. The van der Waals surface area contributed by atoms with Gasteiger partial charge in [-0.25, -0.2) is 0 Å². The third kappa shape index (κ3) is 10.0. The molecule has 0 saturated heterocycles. The number of aryl methyl sites for hydroxylation is 1. The predicted octanol–water partition coefficient (Wildman–Crippen LogP) is 4.85. The highest BCUT2D eigenvalue weighted by molar-refractivity contribution is 6.39. The Morgan fingerprint density at radius 2 is 1.58 bits per heavy atom. The summed E-state index contributed by atoms with van der Waals surface area (Å²) in [5.74, 6) is -1.87. The second-order valence-electron chi connectivity index (χ2n) is 12.5. The highest BCUT2D eigenvalue weighted by Gasteiger charge is 2.45. The van der Waals surface area contributed by atoms with E-state index in [4.69, 9.17) is 16.3 Å². The number of benzene rings is 2. The van der Waals surface area contributed by atoms with Gasteiger partial charge in [0.1, 0.15) is 5.82 Å². The Kier molecular flexibility index (Phi) is 10.4. The van der Waals surface area contributed by atoms with Crippen molar-refractivity contribution in [2.45, 2.75) is 45.3 Å². The molecule has 2 aromatic heterocycles. The molecule has 5 rings (SSSR count). The first kappa shape index (κ1) is 35.8. The number of hydrogen-bond donors (Lipinski definition) is 6. The smallest absolute Gasteiger partial charge is 0.422 e. The van der Waals surface area contributed by atoms with Gasteiger partial charge in [-0.15, -0.1) is 0 Å². The number of carbonyl (C=O) groups excluding carboxylic acids is 3. The standard InChI is InChI=1S/C32H34ClF3N10O4/c1-18-14-23(46-45-18)40-26(49)25(48)38-16-30(2,3)15-37-24(47)19-4-10-22(11-5-19)39-27-41-28(43-29(42-27)50-17-32(34,35)36)44-31(12-13-31)20-6-8-21(33)9-7-20/h4-11,14H,12-13,15-17H2,1-3H3,(H,37,47)(H,38,48)(H2,40,45,46,49)(H2,39,41,42,43,44). The molecular weight excluding hydrogens is 681 g/mol. The molecule has 0 unspecified atom stereocenters. The van der Waals surface area contributed by atoms with Crippen molar-refractivity contribution < 1.29 is 32.3 Å². The van der Waals surface area contributed by atoms with Crippen LogP contribution < -0.4 is 31.3 Å². The average molecular weight is 715 g/mol. The first-order valence-electron chi connectivity index (χ1n) is 15.3. The number of alkyl halides is 3. The predicted molar refractivity (Wildman–Crippen MR) is 178 cm³/mol. The second kappa shape index (κ2) is 14.6. The maximum absolute atomic E-state index is 12.9. The van der Waals surface area contributed by atoms with Crippen LogP contribution in [0.4, 0.5) is 36.6 Å². The summed E-state index contributed by atoms with van der Waals surface area (Å²) in [6, 6.07) is 14.5. The number of hydrogen-bond acceptors (Lipinski definition) is 10. The van der Waals surface area contributed by atoms with Crippen molar-refractivity contribution >= 4 is 52.7 Å². The Hall–Kier alpha value is -5.45. The van der Waals surface area contributed by atoms with Crippen LogP contribution in [0.1, 0.15) is 48.3 Å². The van der Waals surface area contributed by atoms with Gasteiger partial charge in [0.15, 0.2) is 6.61 Å². The van der Waals surface area contributed by atoms with Gasteiger partial charge < -0.3 is 31.3 Å². The number of carbonyl (C=O) groups is 3. The molecule has 50 heavy (non-hydrogen) atoms. The number of aromatic nitrogens is 5. The van der Waals surface area contributed by atoms with Gasteiger partial charge >= 0.3 is 24.0 Å². The zero-order valence-electron chi connectivity index (χ0n) is 27.2. The van der Waals surface area contributed by atoms with E-state index >= 15 is 0 Å². The number of nitrogens with one attached hydrogen (secondary N) is 6. The molecule has 0 spiro atoms. The van der Waals surface area contributed by atoms with E-state index in [-0.39, 0.29) is 25.0 Å². The number of nitrogens with zero attached hydrogens (tertiary/aromatic N) is 4. The Morgan fingerprint density at radius 3 is 2.20 bits per heavy atom. The SMILES string of the molecule is Cc1cc(NC(=O)C(=O)NCC(C)(C)CNC(=O)c2ccc(Nc3nc(NC4(c5ccc(Cl)cc5)CC4)nc(OCC(F)(F)F)n3)cc2)[nH]n1. The monoisotopic (exact) mass is 714 g/mol. The molecule has 1 saturated carbocycles. The van der Waals surface area contributed by atoms with Crippen LogP contribution in [0.3, 0.4) is 0 Å². The minimum absolute atomic E-state index is 0.00968. The van der Waals surface area contributed by atoms with Crippen LogP contribution in [-0.4, -0.2) is 68.7 Å². The average Bonchev–Trinajstić information content (AvgIpc) is 3.73. The fourth-order valence-corrected chi connectivity index (χ4v) is 4.78. The van der Waals surface area contributed by atoms with Crippen molar-refractivity contribution in [3.05, 3.63) is 76.4 Å². The zero-order valence-corrected chi connectivity index (χ0v) is 27.9. The lowest BCUT2D eigenvalue weighted by molar-refractivity contribution is -0.154. The van der Waals surface area contributed by atoms with E-state index < -0.39 is 47.5 Å². The summed E-state index contributed by atoms with van der Waals surface area (Å²) in [5.41, 5.74) is 1.19. The Bertz CT molecular complexity index is 1850. The van der Waals surface area contributed by atoms with Crippen LogP contribution in [0, 0.1) is 12.3 Å². The molecule has 2 aromatic carbocycles. The molecule has 1 aliphatic carbocycles. The summed E-state index contributed by atoms with van der Waals surface area (Å²) >= 11 is 6.02. The van der Waals surface area contributed by atoms with E-state index in [9.17, 15) is 27.6 Å². The maximum atomic E-state index is 12.9. The molecule has 0 bridgehead atoms. The van der Waals surface area contributed by atoms with E-state index in [2.05, 4.69) is 51.7 Å². The van der Waals surface area contributed by atoms with Crippen LogP contribution in [0.2, 0.25) is 5.02 Å². The van der Waals surface area contributed by atoms with E-state index in [1.54, 1.807) is 37.3 Å². The Labute approximate surface area is 289 Å². The first-order valence-corrected chi connectivity index (χ1v) is 15.7. The van der Waals surface area contributed by atoms with Gasteiger partial charge in [-0.1, -0.05) is 37.6 Å². The summed E-state index contributed by atoms with van der Waals surface area (Å²) in [5, 5.41) is 20.9. The summed E-state index contributed by atoms with van der Waals surface area (Å²) in [6.45, 7) is 4.02. The van der Waals surface area contributed by atoms with E-state index in [1.165, 1.54) is 12.1 Å². The number of anilines is 4. The quantitative estimate of drug-likeness (QED) is 0.105. The second-order valence-corrected chi connectivity index (χ2v) is 12.9. The molecule has 4 aromatic rings. The molecule has 18 heteroatoms. The molecule has 0 radical (unpaired) electrons. The lowest BCUT2D eigenvalue weighted by atomic mass is 9.93. The fraction of sp³-hybridized carbons (Fsp3) is 0.344. The summed E-state index contributed by atoms with van der Waals surface area (Å²) in [6.07, 6.45) is -3.13. The van der Waals surface area contributed by atoms with Crippen LogP contribution >= 0.6 is 11.6 Å². The van der Waals surface area contributed by atoms with Crippen molar-refractivity contribution in [3.8, 4) is 6.01 Å². The summed E-state index contributed by atoms with van der Waals surface area (Å²) in [4.78, 5) is 49.7. The third-order valence-electron chi connectivity index (χ3n) is 7.50. The van der Waals surface area contributed by atoms with Crippen molar-refractivity contribution in [2.24, 2.45) is 5.41 Å². The highest BCUT2D eigenvalue weighted by Crippen LogP contribution is 2.48. The minimum Gasteiger partial charge on any atom is -0.454 e. The van der Waals surface area contributed by atoms with E-state index in [0.717, 1.165) is 18.4 Å². The van der Waals surface area contributed by atoms with Gasteiger partial charge in [0.05, 0.1) is 11.2 Å². The number of aromatic amines is 1.